The van der Waals surface area contributed by atoms with E-state index in [2.05, 4.69) is 13.8 Å². The molecule has 144 valence electrons. The van der Waals surface area contributed by atoms with Gasteiger partial charge in [-0.25, -0.2) is 8.42 Å². The molecule has 5 nitrogen and oxygen atoms in total. The zero-order valence-electron chi connectivity index (χ0n) is 16.2. The molecule has 3 rings (SSSR count). The largest absolute Gasteiger partial charge is 0.307 e. The van der Waals surface area contributed by atoms with Crippen molar-refractivity contribution in [2.24, 2.45) is 0 Å². The minimum Gasteiger partial charge on any atom is -0.307 e. The van der Waals surface area contributed by atoms with E-state index in [1.807, 2.05) is 43.3 Å². The van der Waals surface area contributed by atoms with Crippen LogP contribution in [-0.4, -0.2) is 33.2 Å². The van der Waals surface area contributed by atoms with Gasteiger partial charge in [-0.05, 0) is 48.6 Å². The molecule has 0 N–H and O–H groups in total. The van der Waals surface area contributed by atoms with Crippen molar-refractivity contribution in [3.63, 3.8) is 0 Å². The van der Waals surface area contributed by atoms with Gasteiger partial charge >= 0.3 is 0 Å². The standard InChI is InChI=1S/C21H26N2O3S/c1-15(2)17-9-11-19(12-10-17)22(27(4,25)26)14-21(24)23-16(3)13-18-7-5-6-8-20(18)23/h5-12,15-16H,13-14H2,1-4H3/t16-/m1/s1. The van der Waals surface area contributed by atoms with Crippen molar-refractivity contribution in [1.82, 2.24) is 0 Å². The van der Waals surface area contributed by atoms with Crippen LogP contribution in [0.3, 0.4) is 0 Å². The number of para-hydroxylation sites is 1. The second kappa shape index (κ2) is 7.35. The molecule has 27 heavy (non-hydrogen) atoms. The first kappa shape index (κ1) is 19.4. The van der Waals surface area contributed by atoms with Gasteiger partial charge in [-0.2, -0.15) is 0 Å². The number of amides is 1. The summed E-state index contributed by atoms with van der Waals surface area (Å²) in [4.78, 5) is 14.8. The maximum atomic E-state index is 13.0. The molecule has 1 atom stereocenters. The van der Waals surface area contributed by atoms with Crippen molar-refractivity contribution in [2.45, 2.75) is 39.2 Å². The average Bonchev–Trinajstić information content (AvgIpc) is 2.94. The third kappa shape index (κ3) is 4.00. The SMILES string of the molecule is CC(C)c1ccc(N(CC(=O)N2c3ccccc3C[C@H]2C)S(C)(=O)=O)cc1. The van der Waals surface area contributed by atoms with Crippen LogP contribution >= 0.6 is 0 Å². The zero-order valence-corrected chi connectivity index (χ0v) is 17.0. The molecule has 1 heterocycles. The number of anilines is 2. The van der Waals surface area contributed by atoms with Crippen LogP contribution in [0.1, 0.15) is 37.8 Å². The van der Waals surface area contributed by atoms with Gasteiger partial charge in [0.15, 0.2) is 0 Å². The van der Waals surface area contributed by atoms with E-state index in [1.54, 1.807) is 17.0 Å². The van der Waals surface area contributed by atoms with Gasteiger partial charge in [-0.15, -0.1) is 0 Å². The van der Waals surface area contributed by atoms with Gasteiger partial charge < -0.3 is 4.90 Å². The monoisotopic (exact) mass is 386 g/mol. The molecule has 0 saturated carbocycles. The third-order valence-electron chi connectivity index (χ3n) is 5.00. The fraction of sp³-hybridized carbons (Fsp3) is 0.381. The van der Waals surface area contributed by atoms with Gasteiger partial charge in [-0.1, -0.05) is 44.2 Å². The van der Waals surface area contributed by atoms with Crippen molar-refractivity contribution in [3.05, 3.63) is 59.7 Å². The molecule has 0 radical (unpaired) electrons. The molecule has 0 unspecified atom stereocenters. The number of benzene rings is 2. The predicted molar refractivity (Wildman–Crippen MR) is 110 cm³/mol. The lowest BCUT2D eigenvalue weighted by molar-refractivity contribution is -0.117. The summed E-state index contributed by atoms with van der Waals surface area (Å²) in [5, 5.41) is 0. The van der Waals surface area contributed by atoms with Crippen molar-refractivity contribution >= 4 is 27.3 Å². The maximum Gasteiger partial charge on any atom is 0.248 e. The first-order valence-electron chi connectivity index (χ1n) is 9.16. The topological polar surface area (TPSA) is 57.7 Å². The Labute approximate surface area is 161 Å². The average molecular weight is 387 g/mol. The number of hydrogen-bond donors (Lipinski definition) is 0. The number of sulfonamides is 1. The van der Waals surface area contributed by atoms with Crippen LogP contribution in [0.15, 0.2) is 48.5 Å². The Balaban J connectivity index is 1.88. The van der Waals surface area contributed by atoms with Crippen LogP contribution < -0.4 is 9.21 Å². The highest BCUT2D eigenvalue weighted by Gasteiger charge is 2.33. The van der Waals surface area contributed by atoms with Crippen LogP contribution in [0.4, 0.5) is 11.4 Å². The van der Waals surface area contributed by atoms with Gasteiger partial charge in [0.2, 0.25) is 15.9 Å². The molecule has 1 aliphatic rings. The Morgan fingerprint density at radius 1 is 1.15 bits per heavy atom. The summed E-state index contributed by atoms with van der Waals surface area (Å²) >= 11 is 0. The van der Waals surface area contributed by atoms with Crippen molar-refractivity contribution < 1.29 is 13.2 Å². The van der Waals surface area contributed by atoms with Crippen molar-refractivity contribution in [2.75, 3.05) is 22.0 Å². The second-order valence-corrected chi connectivity index (χ2v) is 9.37. The van der Waals surface area contributed by atoms with Crippen molar-refractivity contribution in [3.8, 4) is 0 Å². The van der Waals surface area contributed by atoms with Gasteiger partial charge in [0, 0.05) is 11.7 Å². The quantitative estimate of drug-likeness (QED) is 0.790. The summed E-state index contributed by atoms with van der Waals surface area (Å²) in [6.07, 6.45) is 1.92. The third-order valence-corrected chi connectivity index (χ3v) is 6.14. The highest BCUT2D eigenvalue weighted by Crippen LogP contribution is 2.32. The minimum absolute atomic E-state index is 0.0135. The van der Waals surface area contributed by atoms with Gasteiger partial charge in [0.25, 0.3) is 0 Å². The molecule has 2 aromatic carbocycles. The molecule has 1 amide bonds. The van der Waals surface area contributed by atoms with E-state index in [0.29, 0.717) is 11.6 Å². The summed E-state index contributed by atoms with van der Waals surface area (Å²) in [5.74, 6) is 0.139. The minimum atomic E-state index is -3.58. The van der Waals surface area contributed by atoms with E-state index < -0.39 is 10.0 Å². The molecule has 2 aromatic rings. The normalized spacial score (nSPS) is 16.5. The smallest absolute Gasteiger partial charge is 0.248 e. The van der Waals surface area contributed by atoms with Crippen LogP contribution in [0.25, 0.3) is 0 Å². The molecule has 0 aliphatic carbocycles. The summed E-state index contributed by atoms with van der Waals surface area (Å²) in [6.45, 7) is 5.94. The lowest BCUT2D eigenvalue weighted by atomic mass is 10.0. The molecule has 6 heteroatoms. The Kier molecular flexibility index (Phi) is 5.29. The first-order valence-corrected chi connectivity index (χ1v) is 11.0. The molecule has 0 spiro atoms. The number of nitrogens with zero attached hydrogens (tertiary/aromatic N) is 2. The lowest BCUT2D eigenvalue weighted by Crippen LogP contribution is -2.45. The summed E-state index contributed by atoms with van der Waals surface area (Å²) < 4.78 is 26.0. The van der Waals surface area contributed by atoms with Gasteiger partial charge in [-0.3, -0.25) is 9.10 Å². The van der Waals surface area contributed by atoms with Crippen molar-refractivity contribution in [1.29, 1.82) is 0 Å². The number of rotatable bonds is 5. The van der Waals surface area contributed by atoms with Gasteiger partial charge in [0.05, 0.1) is 11.9 Å². The zero-order chi connectivity index (χ0) is 19.8. The molecule has 0 bridgehead atoms. The van der Waals surface area contributed by atoms with Gasteiger partial charge in [0.1, 0.15) is 6.54 Å². The number of fused-ring (bicyclic) bond motifs is 1. The molecule has 0 saturated heterocycles. The molecular formula is C21H26N2O3S. The fourth-order valence-electron chi connectivity index (χ4n) is 3.57. The molecule has 0 aromatic heterocycles. The highest BCUT2D eigenvalue weighted by atomic mass is 32.2. The number of carbonyl (C=O) groups is 1. The molecule has 1 aliphatic heterocycles. The summed E-state index contributed by atoms with van der Waals surface area (Å²) in [5.41, 5.74) is 3.63. The second-order valence-electron chi connectivity index (χ2n) is 7.46. The fourth-order valence-corrected chi connectivity index (χ4v) is 4.42. The van der Waals surface area contributed by atoms with E-state index in [4.69, 9.17) is 0 Å². The van der Waals surface area contributed by atoms with E-state index in [-0.39, 0.29) is 18.5 Å². The van der Waals surface area contributed by atoms with E-state index in [1.165, 1.54) is 4.31 Å². The predicted octanol–water partition coefficient (Wildman–Crippen LogP) is 3.55. The van der Waals surface area contributed by atoms with Crippen LogP contribution in [-0.2, 0) is 21.2 Å². The van der Waals surface area contributed by atoms with Crippen LogP contribution in [0.2, 0.25) is 0 Å². The Hall–Kier alpha value is -2.34. The Morgan fingerprint density at radius 3 is 2.37 bits per heavy atom. The maximum absolute atomic E-state index is 13.0. The Morgan fingerprint density at radius 2 is 1.78 bits per heavy atom. The van der Waals surface area contributed by atoms with Crippen LogP contribution in [0, 0.1) is 0 Å². The number of hydrogen-bond acceptors (Lipinski definition) is 3. The van der Waals surface area contributed by atoms with Crippen LogP contribution in [0.5, 0.6) is 0 Å². The summed E-state index contributed by atoms with van der Waals surface area (Å²) in [6, 6.07) is 15.2. The number of carbonyl (C=O) groups excluding carboxylic acids is 1. The molecular weight excluding hydrogens is 360 g/mol. The molecule has 0 fully saturated rings. The van der Waals surface area contributed by atoms with E-state index >= 15 is 0 Å². The lowest BCUT2D eigenvalue weighted by Gasteiger charge is -2.28. The van der Waals surface area contributed by atoms with E-state index in [0.717, 1.165) is 29.5 Å². The highest BCUT2D eigenvalue weighted by molar-refractivity contribution is 7.92. The Bertz CT molecular complexity index is 936. The van der Waals surface area contributed by atoms with E-state index in [9.17, 15) is 13.2 Å². The summed E-state index contributed by atoms with van der Waals surface area (Å²) in [7, 11) is -3.58. The first-order chi connectivity index (χ1) is 12.7.